The van der Waals surface area contributed by atoms with Crippen molar-refractivity contribution < 1.29 is 32.2 Å². The average molecular weight is 619 g/mol. The van der Waals surface area contributed by atoms with Gasteiger partial charge in [0.25, 0.3) is 10.0 Å². The van der Waals surface area contributed by atoms with Gasteiger partial charge in [0.1, 0.15) is 11.5 Å². The van der Waals surface area contributed by atoms with Crippen LogP contribution in [-0.2, 0) is 33.8 Å². The minimum Gasteiger partial charge on any atom is -0.466 e. The monoisotopic (exact) mass is 618 g/mol. The maximum absolute atomic E-state index is 13.2. The van der Waals surface area contributed by atoms with Crippen molar-refractivity contribution in [1.29, 1.82) is 5.26 Å². The molecule has 2 aliphatic rings. The highest BCUT2D eigenvalue weighted by molar-refractivity contribution is 7.92. The van der Waals surface area contributed by atoms with Gasteiger partial charge in [-0.1, -0.05) is 30.3 Å². The van der Waals surface area contributed by atoms with Gasteiger partial charge < -0.3 is 19.9 Å². The Morgan fingerprint density at radius 1 is 1.05 bits per heavy atom. The van der Waals surface area contributed by atoms with Crippen molar-refractivity contribution in [3.05, 3.63) is 95.2 Å². The molecule has 228 valence electrons. The fourth-order valence-corrected chi connectivity index (χ4v) is 6.34. The highest BCUT2D eigenvalue weighted by atomic mass is 32.2. The molecule has 1 atom stereocenters. The summed E-state index contributed by atoms with van der Waals surface area (Å²) in [6.45, 7) is 1.23. The maximum atomic E-state index is 13.2. The van der Waals surface area contributed by atoms with Crippen LogP contribution >= 0.6 is 0 Å². The van der Waals surface area contributed by atoms with Gasteiger partial charge >= 0.3 is 11.9 Å². The Bertz CT molecular complexity index is 1770. The number of benzene rings is 2. The molecule has 44 heavy (non-hydrogen) atoms. The number of carbonyl (C=O) groups excluding carboxylic acids is 2. The summed E-state index contributed by atoms with van der Waals surface area (Å²) in [6.07, 6.45) is 4.63. The summed E-state index contributed by atoms with van der Waals surface area (Å²) < 4.78 is 46.2. The molecule has 2 aromatic carbocycles. The molecule has 1 fully saturated rings. The molecular weight excluding hydrogens is 588 g/mol. The second-order valence-electron chi connectivity index (χ2n) is 9.99. The second-order valence-corrected chi connectivity index (χ2v) is 11.7. The van der Waals surface area contributed by atoms with Crippen LogP contribution in [0.5, 0.6) is 0 Å². The zero-order valence-electron chi connectivity index (χ0n) is 24.0. The van der Waals surface area contributed by atoms with Crippen LogP contribution in [0.2, 0.25) is 0 Å². The van der Waals surface area contributed by atoms with Crippen molar-refractivity contribution >= 4 is 33.3 Å². The van der Waals surface area contributed by atoms with Crippen molar-refractivity contribution in [1.82, 2.24) is 9.78 Å². The van der Waals surface area contributed by atoms with E-state index in [-0.39, 0.29) is 39.3 Å². The van der Waals surface area contributed by atoms with Crippen LogP contribution in [-0.4, -0.2) is 57.6 Å². The van der Waals surface area contributed by atoms with Gasteiger partial charge in [-0.3, -0.25) is 14.3 Å². The number of nitriles is 1. The van der Waals surface area contributed by atoms with Crippen LogP contribution in [0, 0.1) is 11.3 Å². The van der Waals surface area contributed by atoms with Crippen molar-refractivity contribution in [2.45, 2.75) is 29.7 Å². The quantitative estimate of drug-likeness (QED) is 0.355. The van der Waals surface area contributed by atoms with Crippen molar-refractivity contribution in [2.75, 3.05) is 37.1 Å². The lowest BCUT2D eigenvalue weighted by Crippen LogP contribution is -2.40. The van der Waals surface area contributed by atoms with Crippen LogP contribution in [0.4, 0.5) is 11.4 Å². The van der Waals surface area contributed by atoms with Gasteiger partial charge in [-0.05, 0) is 42.7 Å². The summed E-state index contributed by atoms with van der Waals surface area (Å²) in [5.74, 6) is -2.94. The molecule has 13 nitrogen and oxygen atoms in total. The minimum absolute atomic E-state index is 0.0100. The number of aromatic nitrogens is 2. The fraction of sp³-hybridized carbons (Fsp3) is 0.267. The molecular formula is C30H30N6O7S. The summed E-state index contributed by atoms with van der Waals surface area (Å²) in [4.78, 5) is 27.5. The molecule has 3 N–H and O–H groups in total. The fourth-order valence-electron chi connectivity index (χ4n) is 5.31. The van der Waals surface area contributed by atoms with E-state index in [0.717, 1.165) is 27.1 Å². The molecule has 3 heterocycles. The predicted octanol–water partition coefficient (Wildman–Crippen LogP) is 2.93. The van der Waals surface area contributed by atoms with Gasteiger partial charge in [0.15, 0.2) is 0 Å². The van der Waals surface area contributed by atoms with Gasteiger partial charge in [-0.2, -0.15) is 10.4 Å². The lowest BCUT2D eigenvalue weighted by Gasteiger charge is -2.35. The largest absolute Gasteiger partial charge is 0.466 e. The van der Waals surface area contributed by atoms with E-state index in [1.807, 2.05) is 0 Å². The third kappa shape index (κ3) is 5.75. The van der Waals surface area contributed by atoms with Gasteiger partial charge in [-0.15, -0.1) is 0 Å². The van der Waals surface area contributed by atoms with Crippen molar-refractivity contribution in [3.8, 4) is 6.07 Å². The topological polar surface area (TPSA) is 179 Å². The molecule has 1 unspecified atom stereocenters. The number of hydrogen-bond donors (Lipinski definition) is 2. The first-order valence-electron chi connectivity index (χ1n) is 13.6. The molecule has 14 heteroatoms. The van der Waals surface area contributed by atoms with Gasteiger partial charge in [0.05, 0.1) is 60.2 Å². The lowest BCUT2D eigenvalue weighted by molar-refractivity contribution is -0.139. The van der Waals surface area contributed by atoms with Gasteiger partial charge in [-0.25, -0.2) is 18.0 Å². The molecule has 2 aliphatic heterocycles. The molecule has 1 saturated heterocycles. The summed E-state index contributed by atoms with van der Waals surface area (Å²) in [7, 11) is -1.73. The van der Waals surface area contributed by atoms with E-state index < -0.39 is 27.9 Å². The van der Waals surface area contributed by atoms with Gasteiger partial charge in [0, 0.05) is 25.1 Å². The molecule has 0 amide bonds. The number of carbonyl (C=O) groups is 2. The average Bonchev–Trinajstić information content (AvgIpc) is 3.52. The number of sulfonamides is 1. The van der Waals surface area contributed by atoms with Crippen LogP contribution in [0.25, 0.3) is 0 Å². The van der Waals surface area contributed by atoms with E-state index in [2.05, 4.69) is 15.9 Å². The Balaban J connectivity index is 1.52. The Labute approximate surface area is 254 Å². The Morgan fingerprint density at radius 3 is 2.32 bits per heavy atom. The summed E-state index contributed by atoms with van der Waals surface area (Å²) in [5, 5.41) is 14.5. The lowest BCUT2D eigenvalue weighted by atomic mass is 9.81. The van der Waals surface area contributed by atoms with Crippen LogP contribution in [0.3, 0.4) is 0 Å². The van der Waals surface area contributed by atoms with Crippen molar-refractivity contribution in [2.24, 2.45) is 5.73 Å². The minimum atomic E-state index is -4.03. The van der Waals surface area contributed by atoms with E-state index in [9.17, 15) is 23.3 Å². The van der Waals surface area contributed by atoms with E-state index in [4.69, 9.17) is 19.9 Å². The highest BCUT2D eigenvalue weighted by Crippen LogP contribution is 2.43. The first kappa shape index (κ1) is 30.3. The zero-order valence-corrected chi connectivity index (χ0v) is 24.8. The zero-order chi connectivity index (χ0) is 31.4. The normalized spacial score (nSPS) is 17.7. The second kappa shape index (κ2) is 12.6. The van der Waals surface area contributed by atoms with E-state index in [1.165, 1.54) is 35.4 Å². The van der Waals surface area contributed by atoms with E-state index in [1.54, 1.807) is 41.2 Å². The standard InChI is InChI=1S/C30H30N6O7S/c1-41-29(37)26-25(19-6-4-3-5-7-19)24(16-31)28(32)36(27(26)30(38)42-2)22-8-10-23(11-9-22)44(39,40)34-20-17-33-35(18-20)21-12-14-43-15-13-21/h3-11,17-18,21,25,34H,12-15,32H2,1-2H3. The van der Waals surface area contributed by atoms with Crippen molar-refractivity contribution in [3.63, 3.8) is 0 Å². The summed E-state index contributed by atoms with van der Waals surface area (Å²) >= 11 is 0. The number of esters is 2. The molecule has 0 aliphatic carbocycles. The Kier molecular flexibility index (Phi) is 8.70. The molecule has 0 spiro atoms. The molecule has 0 saturated carbocycles. The first-order chi connectivity index (χ1) is 21.2. The first-order valence-corrected chi connectivity index (χ1v) is 15.1. The predicted molar refractivity (Wildman–Crippen MR) is 158 cm³/mol. The Morgan fingerprint density at radius 2 is 1.70 bits per heavy atom. The third-order valence-corrected chi connectivity index (χ3v) is 8.83. The van der Waals surface area contributed by atoms with Crippen LogP contribution in [0.1, 0.15) is 30.4 Å². The number of allylic oxidation sites excluding steroid dienone is 1. The number of nitrogens with one attached hydrogen (secondary N) is 1. The van der Waals surface area contributed by atoms with Gasteiger partial charge in [0.2, 0.25) is 0 Å². The summed E-state index contributed by atoms with van der Waals surface area (Å²) in [6, 6.07) is 16.2. The molecule has 1 aromatic heterocycles. The number of methoxy groups -OCH3 is 2. The number of rotatable bonds is 8. The third-order valence-electron chi connectivity index (χ3n) is 7.43. The molecule has 0 radical (unpaired) electrons. The van der Waals surface area contributed by atoms with Crippen LogP contribution in [0.15, 0.2) is 94.6 Å². The van der Waals surface area contributed by atoms with E-state index >= 15 is 0 Å². The molecule has 3 aromatic rings. The van der Waals surface area contributed by atoms with E-state index in [0.29, 0.717) is 24.5 Å². The number of nitrogens with two attached hydrogens (primary N) is 1. The maximum Gasteiger partial charge on any atom is 0.355 e. The number of hydrogen-bond acceptors (Lipinski definition) is 11. The SMILES string of the molecule is COC(=O)C1=C(C(=O)OC)N(c2ccc(S(=O)(=O)Nc3cnn(C4CCOCC4)c3)cc2)C(N)=C(C#N)C1c1ccccc1. The number of anilines is 2. The molecule has 5 rings (SSSR count). The smallest absolute Gasteiger partial charge is 0.355 e. The number of nitrogens with zero attached hydrogens (tertiary/aromatic N) is 4. The molecule has 0 bridgehead atoms. The van der Waals surface area contributed by atoms with Crippen LogP contribution < -0.4 is 15.4 Å². The Hall–Kier alpha value is -5.13. The number of ether oxygens (including phenoxy) is 3. The highest BCUT2D eigenvalue weighted by Gasteiger charge is 2.43. The summed E-state index contributed by atoms with van der Waals surface area (Å²) in [5.41, 5.74) is 7.11.